The van der Waals surface area contributed by atoms with Crippen molar-refractivity contribution in [3.63, 3.8) is 0 Å². The predicted molar refractivity (Wildman–Crippen MR) is 75.1 cm³/mol. The van der Waals surface area contributed by atoms with Gasteiger partial charge in [-0.05, 0) is 55.2 Å². The van der Waals surface area contributed by atoms with Gasteiger partial charge in [-0.25, -0.2) is 0 Å². The Labute approximate surface area is 112 Å². The van der Waals surface area contributed by atoms with E-state index in [2.05, 4.69) is 46.3 Å². The molecule has 1 aliphatic rings. The van der Waals surface area contributed by atoms with Crippen molar-refractivity contribution in [2.24, 2.45) is 5.92 Å². The molecule has 1 aliphatic carbocycles. The van der Waals surface area contributed by atoms with Gasteiger partial charge in [0, 0.05) is 4.47 Å². The Hall–Kier alpha value is -0.600. The van der Waals surface area contributed by atoms with Gasteiger partial charge in [0.2, 0.25) is 0 Å². The average molecular weight is 295 g/mol. The van der Waals surface area contributed by atoms with Crippen LogP contribution in [0.5, 0.6) is 0 Å². The fourth-order valence-corrected chi connectivity index (χ4v) is 2.90. The van der Waals surface area contributed by atoms with E-state index in [0.717, 1.165) is 10.4 Å². The Balaban J connectivity index is 1.90. The summed E-state index contributed by atoms with van der Waals surface area (Å²) in [6.45, 7) is 0.173. The van der Waals surface area contributed by atoms with E-state index in [0.29, 0.717) is 5.92 Å². The second-order valence-corrected chi connectivity index (χ2v) is 5.69. The maximum atomic E-state index is 8.76. The molecule has 0 heterocycles. The first-order valence-electron chi connectivity index (χ1n) is 6.32. The minimum absolute atomic E-state index is 0.173. The summed E-state index contributed by atoms with van der Waals surface area (Å²) in [5.41, 5.74) is 1.47. The van der Waals surface area contributed by atoms with E-state index < -0.39 is 0 Å². The molecule has 0 aromatic heterocycles. The molecule has 0 bridgehead atoms. The van der Waals surface area contributed by atoms with Crippen molar-refractivity contribution in [3.05, 3.63) is 46.5 Å². The van der Waals surface area contributed by atoms with Gasteiger partial charge >= 0.3 is 0 Å². The summed E-state index contributed by atoms with van der Waals surface area (Å²) >= 11 is 3.47. The van der Waals surface area contributed by atoms with Crippen LogP contribution in [0.3, 0.4) is 0 Å². The van der Waals surface area contributed by atoms with Crippen LogP contribution < -0.4 is 0 Å². The molecule has 0 unspecified atom stereocenters. The van der Waals surface area contributed by atoms with E-state index in [1.165, 1.54) is 31.2 Å². The van der Waals surface area contributed by atoms with E-state index in [-0.39, 0.29) is 6.61 Å². The number of hydrogen-bond donors (Lipinski definition) is 1. The van der Waals surface area contributed by atoms with Crippen LogP contribution in [0.15, 0.2) is 40.9 Å². The highest BCUT2D eigenvalue weighted by molar-refractivity contribution is 9.10. The second-order valence-electron chi connectivity index (χ2n) is 4.77. The first-order valence-corrected chi connectivity index (χ1v) is 7.12. The number of aliphatic hydroxyl groups excluding tert-OH is 1. The van der Waals surface area contributed by atoms with Crippen LogP contribution in [-0.2, 0) is 0 Å². The zero-order valence-corrected chi connectivity index (χ0v) is 11.6. The van der Waals surface area contributed by atoms with Crippen molar-refractivity contribution in [3.8, 4) is 0 Å². The average Bonchev–Trinajstić information content (AvgIpc) is 2.38. The zero-order valence-electron chi connectivity index (χ0n) is 9.98. The third-order valence-electron chi connectivity index (χ3n) is 3.63. The smallest absolute Gasteiger partial charge is 0.0612 e. The van der Waals surface area contributed by atoms with Crippen molar-refractivity contribution in [1.82, 2.24) is 0 Å². The van der Waals surface area contributed by atoms with Crippen LogP contribution >= 0.6 is 15.9 Å². The van der Waals surface area contributed by atoms with Gasteiger partial charge in [-0.2, -0.15) is 0 Å². The molecule has 1 aromatic carbocycles. The molecule has 2 heteroatoms. The van der Waals surface area contributed by atoms with E-state index in [9.17, 15) is 0 Å². The van der Waals surface area contributed by atoms with E-state index in [1.54, 1.807) is 0 Å². The normalized spacial score (nSPS) is 25.3. The minimum atomic E-state index is 0.173. The van der Waals surface area contributed by atoms with Gasteiger partial charge in [0.05, 0.1) is 6.61 Å². The molecule has 92 valence electrons. The van der Waals surface area contributed by atoms with Gasteiger partial charge in [-0.1, -0.05) is 40.2 Å². The molecule has 0 aliphatic heterocycles. The number of aliphatic hydroxyl groups is 1. The summed E-state index contributed by atoms with van der Waals surface area (Å²) < 4.78 is 1.15. The van der Waals surface area contributed by atoms with Crippen molar-refractivity contribution in [2.45, 2.75) is 31.6 Å². The maximum absolute atomic E-state index is 8.76. The molecule has 17 heavy (non-hydrogen) atoms. The summed E-state index contributed by atoms with van der Waals surface area (Å²) in [7, 11) is 0. The summed E-state index contributed by atoms with van der Waals surface area (Å²) in [4.78, 5) is 0. The van der Waals surface area contributed by atoms with Crippen LogP contribution in [0, 0.1) is 5.92 Å². The zero-order chi connectivity index (χ0) is 12.1. The predicted octanol–water partition coefficient (Wildman–Crippen LogP) is 4.27. The van der Waals surface area contributed by atoms with Crippen molar-refractivity contribution in [2.75, 3.05) is 6.61 Å². The summed E-state index contributed by atoms with van der Waals surface area (Å²) in [5, 5.41) is 8.76. The number of hydrogen-bond acceptors (Lipinski definition) is 1. The Kier molecular flexibility index (Phi) is 4.81. The fraction of sp³-hybridized carbons (Fsp3) is 0.467. The van der Waals surface area contributed by atoms with E-state index in [1.807, 2.05) is 6.08 Å². The SMILES string of the molecule is OC/C=C/C1CCC(c2ccc(Br)cc2)CC1. The van der Waals surface area contributed by atoms with Gasteiger partial charge in [0.25, 0.3) is 0 Å². The topological polar surface area (TPSA) is 20.2 Å². The lowest BCUT2D eigenvalue weighted by atomic mass is 9.78. The summed E-state index contributed by atoms with van der Waals surface area (Å²) in [6.07, 6.45) is 9.08. The maximum Gasteiger partial charge on any atom is 0.0612 e. The van der Waals surface area contributed by atoms with Crippen LogP contribution in [0.2, 0.25) is 0 Å². The van der Waals surface area contributed by atoms with Gasteiger partial charge in [0.1, 0.15) is 0 Å². The van der Waals surface area contributed by atoms with Crippen molar-refractivity contribution in [1.29, 1.82) is 0 Å². The van der Waals surface area contributed by atoms with Crippen molar-refractivity contribution < 1.29 is 5.11 Å². The molecule has 0 atom stereocenters. The fourth-order valence-electron chi connectivity index (χ4n) is 2.63. The Morgan fingerprint density at radius 3 is 2.35 bits per heavy atom. The van der Waals surface area contributed by atoms with E-state index in [4.69, 9.17) is 5.11 Å². The second kappa shape index (κ2) is 6.36. The molecule has 0 radical (unpaired) electrons. The molecular formula is C15H19BrO. The number of benzene rings is 1. The first-order chi connectivity index (χ1) is 8.29. The van der Waals surface area contributed by atoms with E-state index >= 15 is 0 Å². The number of halogens is 1. The lowest BCUT2D eigenvalue weighted by molar-refractivity contribution is 0.337. The molecule has 1 nitrogen and oxygen atoms in total. The largest absolute Gasteiger partial charge is 0.392 e. The van der Waals surface area contributed by atoms with Crippen LogP contribution in [0.1, 0.15) is 37.2 Å². The molecule has 0 amide bonds. The molecule has 1 fully saturated rings. The minimum Gasteiger partial charge on any atom is -0.392 e. The Morgan fingerprint density at radius 2 is 1.76 bits per heavy atom. The highest BCUT2D eigenvalue weighted by Crippen LogP contribution is 2.36. The lowest BCUT2D eigenvalue weighted by Crippen LogP contribution is -2.11. The monoisotopic (exact) mass is 294 g/mol. The van der Waals surface area contributed by atoms with Gasteiger partial charge in [-0.15, -0.1) is 0 Å². The summed E-state index contributed by atoms with van der Waals surface area (Å²) in [5.74, 6) is 1.40. The summed E-state index contributed by atoms with van der Waals surface area (Å²) in [6, 6.07) is 8.73. The highest BCUT2D eigenvalue weighted by Gasteiger charge is 2.20. The van der Waals surface area contributed by atoms with Crippen molar-refractivity contribution >= 4 is 15.9 Å². The van der Waals surface area contributed by atoms with Crippen LogP contribution in [-0.4, -0.2) is 11.7 Å². The third kappa shape index (κ3) is 3.68. The molecule has 1 saturated carbocycles. The molecule has 1 N–H and O–H groups in total. The molecule has 0 saturated heterocycles. The molecule has 0 spiro atoms. The van der Waals surface area contributed by atoms with Gasteiger partial charge in [-0.3, -0.25) is 0 Å². The standard InChI is InChI=1S/C15H19BrO/c16-15-9-7-14(8-10-15)13-5-3-12(4-6-13)2-1-11-17/h1-2,7-10,12-13,17H,3-6,11H2/b2-1+. The Bertz CT molecular complexity index is 361. The molecule has 1 aromatic rings. The third-order valence-corrected chi connectivity index (χ3v) is 4.16. The number of allylic oxidation sites excluding steroid dienone is 1. The highest BCUT2D eigenvalue weighted by atomic mass is 79.9. The first kappa shape index (κ1) is 12.8. The number of rotatable bonds is 3. The van der Waals surface area contributed by atoms with Crippen LogP contribution in [0.25, 0.3) is 0 Å². The quantitative estimate of drug-likeness (QED) is 0.826. The lowest BCUT2D eigenvalue weighted by Gasteiger charge is -2.27. The Morgan fingerprint density at radius 1 is 1.12 bits per heavy atom. The molecule has 2 rings (SSSR count). The van der Waals surface area contributed by atoms with Gasteiger partial charge in [0.15, 0.2) is 0 Å². The van der Waals surface area contributed by atoms with Gasteiger partial charge < -0.3 is 5.11 Å². The van der Waals surface area contributed by atoms with Crippen LogP contribution in [0.4, 0.5) is 0 Å². The molecular weight excluding hydrogens is 276 g/mol.